The van der Waals surface area contributed by atoms with E-state index >= 15 is 0 Å². The second-order valence-corrected chi connectivity index (χ2v) is 8.61. The van der Waals surface area contributed by atoms with E-state index in [1.165, 1.54) is 11.3 Å². The van der Waals surface area contributed by atoms with Gasteiger partial charge in [-0.2, -0.15) is 2.94 Å². The zero-order chi connectivity index (χ0) is 13.6. The molecule has 4 nitrogen and oxygen atoms in total. The minimum atomic E-state index is -3.41. The quantitative estimate of drug-likeness (QED) is 0.596. The van der Waals surface area contributed by atoms with E-state index < -0.39 is 15.6 Å². The molecule has 1 aromatic heterocycles. The molecular weight excluding hydrogens is 383 g/mol. The van der Waals surface area contributed by atoms with Gasteiger partial charge in [-0.3, -0.25) is 0 Å². The van der Waals surface area contributed by atoms with Gasteiger partial charge in [0.2, 0.25) is 0 Å². The molecule has 1 atom stereocenters. The largest absolute Gasteiger partial charge is 0.319 e. The van der Waals surface area contributed by atoms with E-state index in [9.17, 15) is 8.42 Å². The Morgan fingerprint density at radius 1 is 1.39 bits per heavy atom. The maximum absolute atomic E-state index is 11.9. The van der Waals surface area contributed by atoms with Crippen molar-refractivity contribution in [1.82, 2.24) is 2.94 Å². The van der Waals surface area contributed by atoms with Gasteiger partial charge in [0, 0.05) is 27.7 Å². The molecule has 1 heterocycles. The number of fused-ring (bicyclic) bond motifs is 1. The van der Waals surface area contributed by atoms with Crippen LogP contribution in [0.4, 0.5) is 0 Å². The Hall–Kier alpha value is -0.220. The number of nitrogens with one attached hydrogen (secondary N) is 1. The summed E-state index contributed by atoms with van der Waals surface area (Å²) in [5.74, 6) is 0. The highest BCUT2D eigenvalue weighted by Crippen LogP contribution is 2.35. The van der Waals surface area contributed by atoms with Crippen LogP contribution in [0, 0.1) is 6.92 Å². The molecule has 18 heavy (non-hydrogen) atoms. The fourth-order valence-electron chi connectivity index (χ4n) is 1.72. The van der Waals surface area contributed by atoms with Crippen molar-refractivity contribution in [3.05, 3.63) is 28.2 Å². The molecule has 0 saturated heterocycles. The fraction of sp³-hybridized carbons (Fsp3) is 0.273. The number of hydrogen-bond donors (Lipinski definition) is 2. The van der Waals surface area contributed by atoms with Gasteiger partial charge in [0.05, 0.1) is 5.54 Å². The van der Waals surface area contributed by atoms with E-state index in [1.807, 2.05) is 38.2 Å². The molecule has 98 valence electrons. The molecule has 0 radical (unpaired) electrons. The molecule has 0 fully saturated rings. The molecule has 0 aromatic carbocycles. The van der Waals surface area contributed by atoms with Crippen LogP contribution >= 0.6 is 34.2 Å². The van der Waals surface area contributed by atoms with Crippen molar-refractivity contribution in [2.45, 2.75) is 23.6 Å². The SMILES string of the molecule is Cc1c(S(=O)(=O)NI)sc2c1C=CC(C)(N)C=C2. The number of nitrogens with two attached hydrogens (primary N) is 1. The Labute approximate surface area is 125 Å². The Bertz CT molecular complexity index is 642. The summed E-state index contributed by atoms with van der Waals surface area (Å²) in [4.78, 5) is 0.920. The van der Waals surface area contributed by atoms with Crippen molar-refractivity contribution in [3.63, 3.8) is 0 Å². The van der Waals surface area contributed by atoms with Crippen LogP contribution in [0.5, 0.6) is 0 Å². The Morgan fingerprint density at radius 3 is 2.61 bits per heavy atom. The Morgan fingerprint density at radius 2 is 2.00 bits per heavy atom. The smallest absolute Gasteiger partial charge is 0.258 e. The third-order valence-electron chi connectivity index (χ3n) is 2.73. The van der Waals surface area contributed by atoms with Gasteiger partial charge in [0.1, 0.15) is 4.21 Å². The minimum Gasteiger partial charge on any atom is -0.319 e. The highest BCUT2D eigenvalue weighted by Gasteiger charge is 2.24. The lowest BCUT2D eigenvalue weighted by molar-refractivity contribution is 0.597. The predicted octanol–water partition coefficient (Wildman–Crippen LogP) is 2.44. The lowest BCUT2D eigenvalue weighted by Gasteiger charge is -2.12. The van der Waals surface area contributed by atoms with Crippen LogP contribution in [0.3, 0.4) is 0 Å². The molecule has 1 aliphatic rings. The van der Waals surface area contributed by atoms with Crippen molar-refractivity contribution in [1.29, 1.82) is 0 Å². The van der Waals surface area contributed by atoms with Crippen LogP contribution in [0.25, 0.3) is 12.2 Å². The summed E-state index contributed by atoms with van der Waals surface area (Å²) in [6, 6.07) is 0. The zero-order valence-electron chi connectivity index (χ0n) is 9.90. The van der Waals surface area contributed by atoms with Gasteiger partial charge in [-0.05, 0) is 31.1 Å². The standard InChI is InChI=1S/C11H13IN2O2S2/c1-7-8-3-5-11(2,13)6-4-9(8)17-10(7)18(15,16)14-12/h3-6,14H,13H2,1-2H3. The molecule has 0 aliphatic heterocycles. The van der Waals surface area contributed by atoms with Crippen LogP contribution in [-0.4, -0.2) is 14.0 Å². The van der Waals surface area contributed by atoms with Crippen molar-refractivity contribution in [2.24, 2.45) is 5.73 Å². The van der Waals surface area contributed by atoms with Gasteiger partial charge in [0.15, 0.2) is 0 Å². The van der Waals surface area contributed by atoms with Crippen LogP contribution in [-0.2, 0) is 10.0 Å². The summed E-state index contributed by atoms with van der Waals surface area (Å²) in [6.45, 7) is 3.71. The minimum absolute atomic E-state index is 0.358. The van der Waals surface area contributed by atoms with Crippen molar-refractivity contribution >= 4 is 56.4 Å². The lowest BCUT2D eigenvalue weighted by Crippen LogP contribution is -2.30. The molecule has 3 N–H and O–H groups in total. The molecule has 7 heteroatoms. The first kappa shape index (κ1) is 14.2. The second kappa shape index (κ2) is 4.71. The average Bonchev–Trinajstić information content (AvgIpc) is 2.53. The van der Waals surface area contributed by atoms with Crippen molar-refractivity contribution < 1.29 is 8.42 Å². The highest BCUT2D eigenvalue weighted by atomic mass is 127. The number of thiophene rings is 1. The Balaban J connectivity index is 2.62. The van der Waals surface area contributed by atoms with Gasteiger partial charge in [0.25, 0.3) is 10.0 Å². The van der Waals surface area contributed by atoms with Crippen LogP contribution < -0.4 is 8.67 Å². The van der Waals surface area contributed by atoms with Crippen molar-refractivity contribution in [2.75, 3.05) is 0 Å². The molecule has 2 rings (SSSR count). The fourth-order valence-corrected chi connectivity index (χ4v) is 5.18. The third-order valence-corrected chi connectivity index (χ3v) is 7.44. The topological polar surface area (TPSA) is 72.2 Å². The summed E-state index contributed by atoms with van der Waals surface area (Å²) in [6.07, 6.45) is 7.54. The first-order valence-electron chi connectivity index (χ1n) is 5.20. The number of rotatable bonds is 2. The number of halogens is 1. The summed E-state index contributed by atoms with van der Waals surface area (Å²) in [5.41, 5.74) is 7.21. The van der Waals surface area contributed by atoms with E-state index in [2.05, 4.69) is 2.94 Å². The van der Waals surface area contributed by atoms with E-state index in [-0.39, 0.29) is 0 Å². The second-order valence-electron chi connectivity index (χ2n) is 4.41. The normalized spacial score (nSPS) is 22.9. The molecule has 1 aliphatic carbocycles. The van der Waals surface area contributed by atoms with Crippen molar-refractivity contribution in [3.8, 4) is 0 Å². The third kappa shape index (κ3) is 2.55. The summed E-state index contributed by atoms with van der Waals surface area (Å²) < 4.78 is 26.4. The lowest BCUT2D eigenvalue weighted by atomic mass is 10.0. The van der Waals surface area contributed by atoms with E-state index in [0.717, 1.165) is 16.0 Å². The first-order chi connectivity index (χ1) is 8.27. The average molecular weight is 396 g/mol. The monoisotopic (exact) mass is 396 g/mol. The first-order valence-corrected chi connectivity index (χ1v) is 8.58. The predicted molar refractivity (Wildman–Crippen MR) is 84.1 cm³/mol. The van der Waals surface area contributed by atoms with Gasteiger partial charge in [-0.15, -0.1) is 11.3 Å². The number of sulfonamides is 1. The van der Waals surface area contributed by atoms with Gasteiger partial charge < -0.3 is 5.73 Å². The molecule has 0 spiro atoms. The Kier molecular flexibility index (Phi) is 3.72. The highest BCUT2D eigenvalue weighted by molar-refractivity contribution is 14.1. The molecule has 0 amide bonds. The number of hydrogen-bond acceptors (Lipinski definition) is 4. The summed E-state index contributed by atoms with van der Waals surface area (Å²) in [5, 5.41) is 0. The van der Waals surface area contributed by atoms with Gasteiger partial charge >= 0.3 is 0 Å². The summed E-state index contributed by atoms with van der Waals surface area (Å²) >= 11 is 2.90. The maximum Gasteiger partial charge on any atom is 0.258 e. The molecule has 0 saturated carbocycles. The van der Waals surface area contributed by atoms with Gasteiger partial charge in [-0.25, -0.2) is 8.42 Å². The maximum atomic E-state index is 11.9. The molecular formula is C11H13IN2O2S2. The van der Waals surface area contributed by atoms with Crippen LogP contribution in [0.15, 0.2) is 16.4 Å². The van der Waals surface area contributed by atoms with Gasteiger partial charge in [-0.1, -0.05) is 18.2 Å². The van der Waals surface area contributed by atoms with E-state index in [4.69, 9.17) is 5.73 Å². The van der Waals surface area contributed by atoms with Crippen LogP contribution in [0.1, 0.15) is 22.9 Å². The summed E-state index contributed by atoms with van der Waals surface area (Å²) in [7, 11) is -3.41. The van der Waals surface area contributed by atoms with Crippen LogP contribution in [0.2, 0.25) is 0 Å². The zero-order valence-corrected chi connectivity index (χ0v) is 13.7. The molecule has 0 bridgehead atoms. The van der Waals surface area contributed by atoms with E-state index in [0.29, 0.717) is 4.21 Å². The molecule has 1 aromatic rings. The molecule has 1 unspecified atom stereocenters. The van der Waals surface area contributed by atoms with E-state index in [1.54, 1.807) is 22.9 Å².